The van der Waals surface area contributed by atoms with E-state index in [1.807, 2.05) is 12.3 Å². The van der Waals surface area contributed by atoms with Crippen LogP contribution in [0.4, 0.5) is 0 Å². The van der Waals surface area contributed by atoms with Crippen molar-refractivity contribution in [3.05, 3.63) is 24.3 Å². The Bertz CT molecular complexity index is 1100. The first-order valence-corrected chi connectivity index (χ1v) is 11.6. The third-order valence-corrected chi connectivity index (χ3v) is 7.28. The van der Waals surface area contributed by atoms with Gasteiger partial charge in [-0.1, -0.05) is 19.8 Å². The van der Waals surface area contributed by atoms with Crippen molar-refractivity contribution in [3.63, 3.8) is 0 Å². The van der Waals surface area contributed by atoms with Gasteiger partial charge in [-0.3, -0.25) is 14.0 Å². The van der Waals surface area contributed by atoms with E-state index in [2.05, 4.69) is 36.8 Å². The normalized spacial score (nSPS) is 26.7. The molecule has 1 amide bonds. The van der Waals surface area contributed by atoms with E-state index in [1.165, 1.54) is 0 Å². The summed E-state index contributed by atoms with van der Waals surface area (Å²) in [6, 6.07) is 2.14. The smallest absolute Gasteiger partial charge is 0.220 e. The van der Waals surface area contributed by atoms with Gasteiger partial charge in [0.15, 0.2) is 11.3 Å². The third kappa shape index (κ3) is 3.83. The van der Waals surface area contributed by atoms with Gasteiger partial charge in [-0.15, -0.1) is 10.2 Å². The Labute approximate surface area is 181 Å². The molecule has 164 valence electrons. The van der Waals surface area contributed by atoms with Crippen LogP contribution in [0.3, 0.4) is 0 Å². The molecule has 0 aromatic carbocycles. The number of aromatic nitrogens is 5. The van der Waals surface area contributed by atoms with Crippen LogP contribution in [0.25, 0.3) is 16.8 Å². The highest BCUT2D eigenvalue weighted by molar-refractivity contribution is 5.83. The van der Waals surface area contributed by atoms with E-state index in [-0.39, 0.29) is 23.8 Å². The molecule has 2 saturated carbocycles. The zero-order valence-corrected chi connectivity index (χ0v) is 18.0. The number of nitrogens with zero attached hydrogens (tertiary/aromatic N) is 4. The molecule has 0 radical (unpaired) electrons. The zero-order chi connectivity index (χ0) is 21.4. The second kappa shape index (κ2) is 8.40. The van der Waals surface area contributed by atoms with Gasteiger partial charge in [-0.05, 0) is 44.1 Å². The third-order valence-electron chi connectivity index (χ3n) is 7.28. The molecule has 0 saturated heterocycles. The molecule has 2 aliphatic carbocycles. The van der Waals surface area contributed by atoms with Gasteiger partial charge in [0, 0.05) is 36.9 Å². The van der Waals surface area contributed by atoms with Crippen LogP contribution >= 0.6 is 0 Å². The van der Waals surface area contributed by atoms with E-state index < -0.39 is 0 Å². The maximum Gasteiger partial charge on any atom is 0.220 e. The number of aromatic amines is 1. The summed E-state index contributed by atoms with van der Waals surface area (Å²) in [6.07, 6.45) is 11.3. The predicted molar refractivity (Wildman–Crippen MR) is 117 cm³/mol. The number of amides is 1. The first-order valence-electron chi connectivity index (χ1n) is 11.6. The first-order chi connectivity index (χ1) is 15.1. The van der Waals surface area contributed by atoms with Crippen molar-refractivity contribution < 1.29 is 9.59 Å². The van der Waals surface area contributed by atoms with Crippen LogP contribution in [-0.4, -0.2) is 42.3 Å². The molecule has 3 heterocycles. The van der Waals surface area contributed by atoms with E-state index in [9.17, 15) is 9.59 Å². The Morgan fingerprint density at radius 2 is 2.19 bits per heavy atom. The van der Waals surface area contributed by atoms with Crippen molar-refractivity contribution in [1.82, 2.24) is 29.9 Å². The molecule has 5 rings (SSSR count). The minimum atomic E-state index is 0.0715. The summed E-state index contributed by atoms with van der Waals surface area (Å²) in [5.74, 6) is 2.14. The molecule has 4 atom stereocenters. The van der Waals surface area contributed by atoms with Crippen LogP contribution in [0.1, 0.15) is 76.5 Å². The van der Waals surface area contributed by atoms with Gasteiger partial charge in [-0.25, -0.2) is 4.98 Å². The van der Waals surface area contributed by atoms with Crippen LogP contribution in [0.15, 0.2) is 18.5 Å². The Morgan fingerprint density at radius 3 is 3.03 bits per heavy atom. The topological polar surface area (TPSA) is 105 Å². The Morgan fingerprint density at radius 1 is 1.29 bits per heavy atom. The number of rotatable bonds is 6. The second-order valence-corrected chi connectivity index (χ2v) is 9.18. The second-order valence-electron chi connectivity index (χ2n) is 9.18. The molecule has 3 aromatic heterocycles. The molecule has 2 N–H and O–H groups in total. The fourth-order valence-corrected chi connectivity index (χ4v) is 5.61. The van der Waals surface area contributed by atoms with Crippen molar-refractivity contribution in [1.29, 1.82) is 0 Å². The zero-order valence-electron chi connectivity index (χ0n) is 18.0. The summed E-state index contributed by atoms with van der Waals surface area (Å²) in [5.41, 5.74) is 2.56. The van der Waals surface area contributed by atoms with Crippen LogP contribution in [0.5, 0.6) is 0 Å². The average Bonchev–Trinajstić information content (AvgIpc) is 3.49. The number of fused-ring (bicyclic) bond motifs is 3. The van der Waals surface area contributed by atoms with Gasteiger partial charge >= 0.3 is 0 Å². The molecule has 8 heteroatoms. The summed E-state index contributed by atoms with van der Waals surface area (Å²) in [6.45, 7) is 2.20. The van der Waals surface area contributed by atoms with Gasteiger partial charge in [-0.2, -0.15) is 0 Å². The lowest BCUT2D eigenvalue weighted by molar-refractivity contribution is -0.125. The molecule has 2 aliphatic rings. The molecular weight excluding hydrogens is 392 g/mol. The molecule has 0 spiro atoms. The summed E-state index contributed by atoms with van der Waals surface area (Å²) < 4.78 is 2.10. The van der Waals surface area contributed by atoms with E-state index >= 15 is 0 Å². The quantitative estimate of drug-likeness (QED) is 0.632. The van der Waals surface area contributed by atoms with Crippen LogP contribution in [0.2, 0.25) is 0 Å². The number of H-pyrrole nitrogens is 1. The Balaban J connectivity index is 1.28. The molecule has 8 nitrogen and oxygen atoms in total. The van der Waals surface area contributed by atoms with Gasteiger partial charge in [0.2, 0.25) is 5.91 Å². The summed E-state index contributed by atoms with van der Waals surface area (Å²) >= 11 is 0. The number of Topliss-reactive ketones (excluding diaryl/α,β-unsaturated/α-hetero) is 1. The van der Waals surface area contributed by atoms with Crippen molar-refractivity contribution in [2.24, 2.45) is 11.8 Å². The van der Waals surface area contributed by atoms with Crippen LogP contribution in [-0.2, 0) is 9.59 Å². The van der Waals surface area contributed by atoms with Gasteiger partial charge in [0.25, 0.3) is 0 Å². The van der Waals surface area contributed by atoms with Gasteiger partial charge in [0.1, 0.15) is 11.6 Å². The standard InChI is InChI=1S/C23H30N6O2/c1-2-14-11-16(26-21(31)8-7-15-5-3-4-6-19(15)30)12-17(14)23-28-27-20-13-25-22-18(29(20)23)9-10-24-22/h9-10,13-17,24H,2-8,11-12H2,1H3,(H,26,31)/t14-,15?,16+,17+/m1/s1. The molecule has 1 unspecified atom stereocenters. The highest BCUT2D eigenvalue weighted by Crippen LogP contribution is 2.41. The molecule has 0 aliphatic heterocycles. The minimum Gasteiger partial charge on any atom is -0.353 e. The Hall–Kier alpha value is -2.77. The lowest BCUT2D eigenvalue weighted by Crippen LogP contribution is -2.33. The molecular formula is C23H30N6O2. The van der Waals surface area contributed by atoms with Gasteiger partial charge in [0.05, 0.1) is 11.7 Å². The number of hydrogen-bond donors (Lipinski definition) is 2. The average molecular weight is 423 g/mol. The van der Waals surface area contributed by atoms with E-state index in [0.717, 1.165) is 61.2 Å². The van der Waals surface area contributed by atoms with E-state index in [1.54, 1.807) is 6.20 Å². The summed E-state index contributed by atoms with van der Waals surface area (Å²) in [5, 5.41) is 12.1. The first kappa shape index (κ1) is 20.2. The summed E-state index contributed by atoms with van der Waals surface area (Å²) in [7, 11) is 0. The predicted octanol–water partition coefficient (Wildman–Crippen LogP) is 3.53. The monoisotopic (exact) mass is 422 g/mol. The lowest BCUT2D eigenvalue weighted by atomic mass is 9.85. The lowest BCUT2D eigenvalue weighted by Gasteiger charge is -2.20. The molecule has 3 aromatic rings. The van der Waals surface area contributed by atoms with Crippen LogP contribution < -0.4 is 5.32 Å². The minimum absolute atomic E-state index is 0.0715. The van der Waals surface area contributed by atoms with Gasteiger partial charge < -0.3 is 10.3 Å². The molecule has 31 heavy (non-hydrogen) atoms. The van der Waals surface area contributed by atoms with Crippen molar-refractivity contribution in [2.75, 3.05) is 0 Å². The Kier molecular flexibility index (Phi) is 5.46. The van der Waals surface area contributed by atoms with Crippen molar-refractivity contribution >= 4 is 28.5 Å². The highest BCUT2D eigenvalue weighted by atomic mass is 16.1. The largest absolute Gasteiger partial charge is 0.353 e. The van der Waals surface area contributed by atoms with Crippen LogP contribution in [0, 0.1) is 11.8 Å². The number of nitrogens with one attached hydrogen (secondary N) is 2. The molecule has 2 fully saturated rings. The van der Waals surface area contributed by atoms with Crippen molar-refractivity contribution in [3.8, 4) is 0 Å². The van der Waals surface area contributed by atoms with Crippen molar-refractivity contribution in [2.45, 2.75) is 76.7 Å². The fraction of sp³-hybridized carbons (Fsp3) is 0.609. The highest BCUT2D eigenvalue weighted by Gasteiger charge is 2.38. The summed E-state index contributed by atoms with van der Waals surface area (Å²) in [4.78, 5) is 32.2. The number of carbonyl (C=O) groups is 2. The molecule has 0 bridgehead atoms. The number of ketones is 1. The van der Waals surface area contributed by atoms with E-state index in [0.29, 0.717) is 31.0 Å². The van der Waals surface area contributed by atoms with E-state index in [4.69, 9.17) is 0 Å². The fourth-order valence-electron chi connectivity index (χ4n) is 5.61. The number of hydrogen-bond acceptors (Lipinski definition) is 5. The SMILES string of the molecule is CC[C@@H]1C[C@H](NC(=O)CCC2CCCCC2=O)C[C@@H]1c1nnc2cnc3[nH]ccc3n12. The maximum absolute atomic E-state index is 12.6. The maximum atomic E-state index is 12.6. The number of carbonyl (C=O) groups excluding carboxylic acids is 2.